The Bertz CT molecular complexity index is 412. The summed E-state index contributed by atoms with van der Waals surface area (Å²) in [5.41, 5.74) is 0. The normalized spacial score (nSPS) is 28.0. The van der Waals surface area contributed by atoms with Gasteiger partial charge in [0.2, 0.25) is 0 Å². The zero-order chi connectivity index (χ0) is 11.9. The van der Waals surface area contributed by atoms with Crippen LogP contribution in [0.4, 0.5) is 0 Å². The van der Waals surface area contributed by atoms with E-state index >= 15 is 0 Å². The minimum absolute atomic E-state index is 0.746. The molecule has 4 aliphatic heterocycles. The number of hydrogen-bond acceptors (Lipinski definition) is 4. The van der Waals surface area contributed by atoms with Crippen LogP contribution in [0.15, 0.2) is 22.0 Å². The molecule has 0 unspecified atom stereocenters. The zero-order valence-corrected chi connectivity index (χ0v) is 19.2. The molecule has 0 aromatic rings. The number of rotatable bonds is 0. The Kier molecular flexibility index (Phi) is 5.12. The second-order valence-electron chi connectivity index (χ2n) is 3.53. The molecule has 0 spiro atoms. The van der Waals surface area contributed by atoms with Gasteiger partial charge < -0.3 is 0 Å². The van der Waals surface area contributed by atoms with Crippen molar-refractivity contribution in [2.75, 3.05) is 23.0 Å². The van der Waals surface area contributed by atoms with Gasteiger partial charge in [0.15, 0.2) is 0 Å². The first-order chi connectivity index (χ1) is 8.90. The van der Waals surface area contributed by atoms with E-state index in [2.05, 4.69) is 47.0 Å². The van der Waals surface area contributed by atoms with Gasteiger partial charge in [-0.2, -0.15) is 0 Å². The Labute approximate surface area is 150 Å². The van der Waals surface area contributed by atoms with Gasteiger partial charge in [0.05, 0.1) is 0 Å². The van der Waals surface area contributed by atoms with E-state index in [1.807, 2.05) is 22.0 Å². The molecule has 0 aliphatic carbocycles. The van der Waals surface area contributed by atoms with Gasteiger partial charge in [0, 0.05) is 0 Å². The van der Waals surface area contributed by atoms with Gasteiger partial charge in [-0.3, -0.25) is 0 Å². The van der Waals surface area contributed by atoms with Crippen molar-refractivity contribution in [1.29, 1.82) is 0 Å². The molecule has 0 aromatic carbocycles. The molecule has 0 radical (unpaired) electrons. The second kappa shape index (κ2) is 6.44. The molecule has 0 nitrogen and oxygen atoms in total. The van der Waals surface area contributed by atoms with Crippen molar-refractivity contribution in [1.82, 2.24) is 0 Å². The van der Waals surface area contributed by atoms with Crippen LogP contribution in [0.3, 0.4) is 0 Å². The zero-order valence-electron chi connectivity index (χ0n) is 9.09. The predicted octanol–water partition coefficient (Wildman–Crippen LogP) is 2.17. The van der Waals surface area contributed by atoms with Gasteiger partial charge in [-0.1, -0.05) is 0 Å². The van der Waals surface area contributed by atoms with Gasteiger partial charge in [0.25, 0.3) is 0 Å². The van der Waals surface area contributed by atoms with Crippen molar-refractivity contribution >= 4 is 107 Å². The topological polar surface area (TPSA) is 0 Å². The van der Waals surface area contributed by atoms with Crippen LogP contribution in [-0.2, 0) is 0 Å². The fourth-order valence-corrected chi connectivity index (χ4v) is 28.2. The van der Waals surface area contributed by atoms with Crippen LogP contribution in [0.25, 0.3) is 0 Å². The standard InChI is InChI=1S/C10H8S4Se4/c1-2-12-6-5(11-1)15-9(16-6)10-17-7-8(18-10)14-4-3-13-7/h1-4H2. The van der Waals surface area contributed by atoms with E-state index in [0.29, 0.717) is 0 Å². The SMILES string of the molecule is C1CSC2=C(S1)[Se]C(=C1[Se]C3=C(SCCS3)[Se]1)[Se]2. The molecule has 96 valence electrons. The molecule has 0 bridgehead atoms. The minimum atomic E-state index is 0.746. The maximum atomic E-state index is 2.18. The van der Waals surface area contributed by atoms with E-state index in [0.717, 1.165) is 59.8 Å². The van der Waals surface area contributed by atoms with Crippen LogP contribution in [0.1, 0.15) is 0 Å². The first-order valence-electron chi connectivity index (χ1n) is 5.35. The predicted molar refractivity (Wildman–Crippen MR) is 93.9 cm³/mol. The van der Waals surface area contributed by atoms with Crippen LogP contribution >= 0.6 is 47.0 Å². The van der Waals surface area contributed by atoms with Crippen molar-refractivity contribution in [2.24, 2.45) is 0 Å². The van der Waals surface area contributed by atoms with E-state index in [1.165, 1.54) is 23.0 Å². The molecule has 4 aliphatic rings. The third-order valence-corrected chi connectivity index (χ3v) is 26.6. The Morgan fingerprint density at radius 3 is 1.06 bits per heavy atom. The quantitative estimate of drug-likeness (QED) is 0.409. The summed E-state index contributed by atoms with van der Waals surface area (Å²) in [6.45, 7) is 0. The van der Waals surface area contributed by atoms with E-state index in [-0.39, 0.29) is 0 Å². The number of hydrogen-bond donors (Lipinski definition) is 0. The summed E-state index contributed by atoms with van der Waals surface area (Å²) in [5, 5.41) is 0. The van der Waals surface area contributed by atoms with Gasteiger partial charge in [-0.05, 0) is 0 Å². The molecular formula is C10H8S4Se4. The molecule has 0 aromatic heterocycles. The third kappa shape index (κ3) is 2.93. The van der Waals surface area contributed by atoms with Crippen LogP contribution in [0.2, 0.25) is 0 Å². The first kappa shape index (κ1) is 14.3. The van der Waals surface area contributed by atoms with Crippen LogP contribution < -0.4 is 0 Å². The van der Waals surface area contributed by atoms with E-state index < -0.39 is 0 Å². The molecule has 4 heterocycles. The Morgan fingerprint density at radius 2 is 0.778 bits per heavy atom. The van der Waals surface area contributed by atoms with Gasteiger partial charge in [-0.15, -0.1) is 0 Å². The molecule has 18 heavy (non-hydrogen) atoms. The summed E-state index contributed by atoms with van der Waals surface area (Å²) in [6, 6.07) is 0. The fourth-order valence-electron chi connectivity index (χ4n) is 1.60. The second-order valence-corrected chi connectivity index (χ2v) is 21.5. The molecule has 8 heteroatoms. The molecule has 0 saturated carbocycles. The third-order valence-electron chi connectivity index (χ3n) is 2.34. The van der Waals surface area contributed by atoms with E-state index in [9.17, 15) is 0 Å². The Morgan fingerprint density at radius 1 is 0.500 bits per heavy atom. The summed E-state index contributed by atoms with van der Waals surface area (Å²) in [5.74, 6) is 5.45. The van der Waals surface area contributed by atoms with Crippen LogP contribution in [0, 0.1) is 0 Å². The van der Waals surface area contributed by atoms with Gasteiger partial charge >= 0.3 is 152 Å². The molecule has 0 N–H and O–H groups in total. The summed E-state index contributed by atoms with van der Waals surface area (Å²) in [7, 11) is 0. The number of thioether (sulfide) groups is 4. The molecular weight excluding hydrogens is 564 g/mol. The summed E-state index contributed by atoms with van der Waals surface area (Å²) in [6.07, 6.45) is 0. The van der Waals surface area contributed by atoms with Gasteiger partial charge in [0.1, 0.15) is 0 Å². The monoisotopic (exact) mass is 576 g/mol. The summed E-state index contributed by atoms with van der Waals surface area (Å²) < 4.78 is 11.2. The Hall–Kier alpha value is 2.70. The van der Waals surface area contributed by atoms with Crippen LogP contribution in [-0.4, -0.2) is 82.8 Å². The van der Waals surface area contributed by atoms with Gasteiger partial charge in [-0.25, -0.2) is 0 Å². The van der Waals surface area contributed by atoms with Crippen molar-refractivity contribution in [2.45, 2.75) is 0 Å². The fraction of sp³-hybridized carbons (Fsp3) is 0.400. The molecule has 0 fully saturated rings. The van der Waals surface area contributed by atoms with E-state index in [1.54, 1.807) is 0 Å². The average Bonchev–Trinajstić information content (AvgIpc) is 3.02. The summed E-state index contributed by atoms with van der Waals surface area (Å²) in [4.78, 5) is 0. The maximum absolute atomic E-state index is 2.18. The van der Waals surface area contributed by atoms with Crippen LogP contribution in [0.5, 0.6) is 0 Å². The van der Waals surface area contributed by atoms with E-state index in [4.69, 9.17) is 0 Å². The average molecular weight is 572 g/mol. The van der Waals surface area contributed by atoms with Crippen molar-refractivity contribution in [3.8, 4) is 0 Å². The van der Waals surface area contributed by atoms with Crippen molar-refractivity contribution in [3.05, 3.63) is 22.0 Å². The molecule has 0 amide bonds. The summed E-state index contributed by atoms with van der Waals surface area (Å²) >= 11 is 11.7. The molecule has 4 rings (SSSR count). The first-order valence-corrected chi connectivity index (χ1v) is 16.1. The van der Waals surface area contributed by atoms with Crippen molar-refractivity contribution in [3.63, 3.8) is 0 Å². The molecule has 0 atom stereocenters. The Balaban J connectivity index is 1.54. The molecule has 0 saturated heterocycles. The van der Waals surface area contributed by atoms with Crippen molar-refractivity contribution < 1.29 is 0 Å².